The van der Waals surface area contributed by atoms with Crippen molar-refractivity contribution >= 4 is 40.9 Å². The maximum absolute atomic E-state index is 12.6. The molecule has 0 aliphatic heterocycles. The second-order valence-electron chi connectivity index (χ2n) is 5.92. The molecule has 2 rings (SSSR count). The molecule has 156 valence electrons. The maximum Gasteiger partial charge on any atom is 0.272 e. The lowest BCUT2D eigenvalue weighted by molar-refractivity contribution is 0.0765. The number of anilines is 1. The summed E-state index contributed by atoms with van der Waals surface area (Å²) in [4.78, 5) is 4.32. The van der Waals surface area contributed by atoms with Gasteiger partial charge in [0.05, 0.1) is 23.5 Å². The van der Waals surface area contributed by atoms with Crippen molar-refractivity contribution in [1.29, 1.82) is 0 Å². The van der Waals surface area contributed by atoms with Gasteiger partial charge in [0.25, 0.3) is 6.43 Å². The van der Waals surface area contributed by atoms with E-state index in [0.717, 1.165) is 11.3 Å². The summed E-state index contributed by atoms with van der Waals surface area (Å²) in [6.45, 7) is 6.39. The molecule has 1 aromatic carbocycles. The van der Waals surface area contributed by atoms with Gasteiger partial charge in [-0.3, -0.25) is 9.29 Å². The second kappa shape index (κ2) is 11.0. The van der Waals surface area contributed by atoms with Crippen LogP contribution in [0, 0.1) is 6.92 Å². The van der Waals surface area contributed by atoms with Crippen LogP contribution in [-0.4, -0.2) is 40.6 Å². The van der Waals surface area contributed by atoms with Crippen LogP contribution in [0.1, 0.15) is 23.7 Å². The van der Waals surface area contributed by atoms with Crippen molar-refractivity contribution in [3.63, 3.8) is 0 Å². The Kier molecular flexibility index (Phi) is 8.66. The molecule has 1 atom stereocenters. The van der Waals surface area contributed by atoms with Crippen molar-refractivity contribution in [3.8, 4) is 0 Å². The number of rotatable bonds is 9. The maximum atomic E-state index is 12.6. The fourth-order valence-corrected chi connectivity index (χ4v) is 3.68. The van der Waals surface area contributed by atoms with E-state index in [2.05, 4.69) is 21.9 Å². The quantitative estimate of drug-likeness (QED) is 0.329. The number of hydrogen-bond acceptors (Lipinski definition) is 5. The van der Waals surface area contributed by atoms with E-state index in [1.54, 1.807) is 22.5 Å². The van der Waals surface area contributed by atoms with Crippen LogP contribution in [0.3, 0.4) is 0 Å². The monoisotopic (exact) mass is 442 g/mol. The summed E-state index contributed by atoms with van der Waals surface area (Å²) in [5.41, 5.74) is 2.67. The molecular weight excluding hydrogens is 422 g/mol. The van der Waals surface area contributed by atoms with Gasteiger partial charge in [0.15, 0.2) is 6.61 Å². The molecule has 29 heavy (non-hydrogen) atoms. The van der Waals surface area contributed by atoms with Crippen LogP contribution in [0.4, 0.5) is 14.5 Å². The Morgan fingerprint density at radius 1 is 1.38 bits per heavy atom. The molecule has 0 amide bonds. The molecule has 0 bridgehead atoms. The smallest absolute Gasteiger partial charge is 0.272 e. The van der Waals surface area contributed by atoms with Crippen LogP contribution >= 0.6 is 11.6 Å². The standard InChI is InChI=1S/C19H21ClF2N4O2S/c1-4-29(27)26(17-8-13(2)7-15(20)9-17)11-16-6-5-14(10-24-16)19(25-23-3)28-12-18(21)22/h5-10,18H,3-4,11-12H2,1-2H3/b25-19-. The van der Waals surface area contributed by atoms with Gasteiger partial charge in [-0.15, -0.1) is 5.10 Å². The number of hydrogen-bond donors (Lipinski definition) is 0. The molecule has 0 N–H and O–H groups in total. The summed E-state index contributed by atoms with van der Waals surface area (Å²) in [6.07, 6.45) is -1.21. The van der Waals surface area contributed by atoms with E-state index in [0.29, 0.717) is 22.0 Å². The molecule has 0 radical (unpaired) electrons. The average molecular weight is 443 g/mol. The van der Waals surface area contributed by atoms with Crippen LogP contribution in [0.25, 0.3) is 0 Å². The molecule has 2 aromatic rings. The third kappa shape index (κ3) is 6.86. The predicted molar refractivity (Wildman–Crippen MR) is 113 cm³/mol. The van der Waals surface area contributed by atoms with Crippen LogP contribution in [-0.2, 0) is 22.3 Å². The summed E-state index contributed by atoms with van der Waals surface area (Å²) < 4.78 is 44.0. The van der Waals surface area contributed by atoms with E-state index in [-0.39, 0.29) is 12.4 Å². The zero-order valence-corrected chi connectivity index (χ0v) is 17.6. The second-order valence-corrected chi connectivity index (χ2v) is 8.02. The first kappa shape index (κ1) is 22.9. The van der Waals surface area contributed by atoms with Gasteiger partial charge in [-0.1, -0.05) is 18.5 Å². The lowest BCUT2D eigenvalue weighted by atomic mass is 10.2. The van der Waals surface area contributed by atoms with Crippen molar-refractivity contribution in [2.75, 3.05) is 16.7 Å². The van der Waals surface area contributed by atoms with Crippen molar-refractivity contribution < 1.29 is 17.7 Å². The minimum Gasteiger partial charge on any atom is -0.470 e. The highest BCUT2D eigenvalue weighted by Crippen LogP contribution is 2.25. The molecule has 0 saturated carbocycles. The third-order valence-corrected chi connectivity index (χ3v) is 5.24. The summed E-state index contributed by atoms with van der Waals surface area (Å²) in [7, 11) is -1.28. The van der Waals surface area contributed by atoms with Crippen molar-refractivity contribution in [2.45, 2.75) is 26.8 Å². The van der Waals surface area contributed by atoms with E-state index < -0.39 is 24.0 Å². The van der Waals surface area contributed by atoms with Crippen LogP contribution < -0.4 is 4.31 Å². The van der Waals surface area contributed by atoms with Crippen molar-refractivity contribution in [3.05, 3.63) is 58.4 Å². The highest BCUT2D eigenvalue weighted by Gasteiger charge is 2.16. The first-order chi connectivity index (χ1) is 13.8. The predicted octanol–water partition coefficient (Wildman–Crippen LogP) is 4.38. The largest absolute Gasteiger partial charge is 0.470 e. The van der Waals surface area contributed by atoms with Gasteiger partial charge < -0.3 is 4.74 Å². The minimum absolute atomic E-state index is 0.0983. The Morgan fingerprint density at radius 3 is 2.69 bits per heavy atom. The van der Waals surface area contributed by atoms with Gasteiger partial charge in [-0.2, -0.15) is 5.10 Å². The third-order valence-electron chi connectivity index (χ3n) is 3.69. The summed E-state index contributed by atoms with van der Waals surface area (Å²) in [5.74, 6) is 0.325. The molecule has 6 nitrogen and oxygen atoms in total. The number of halogens is 3. The number of ether oxygens (including phenoxy) is 1. The van der Waals surface area contributed by atoms with Gasteiger partial charge in [-0.25, -0.2) is 13.0 Å². The SMILES string of the molecule is C=N/N=C(\OCC(F)F)c1ccc(CN(c2cc(C)cc(Cl)c2)S(=O)CC)nc1. The Hall–Kier alpha value is -2.39. The van der Waals surface area contributed by atoms with E-state index >= 15 is 0 Å². The molecule has 0 fully saturated rings. The Labute approximate surface area is 175 Å². The Balaban J connectivity index is 2.25. The first-order valence-corrected chi connectivity index (χ1v) is 10.3. The molecule has 0 spiro atoms. The van der Waals surface area contributed by atoms with Crippen molar-refractivity contribution in [2.24, 2.45) is 10.2 Å². The normalized spacial score (nSPS) is 12.7. The lowest BCUT2D eigenvalue weighted by Gasteiger charge is -2.23. The summed E-state index contributed by atoms with van der Waals surface area (Å²) in [5, 5.41) is 7.51. The molecule has 0 aliphatic carbocycles. The highest BCUT2D eigenvalue weighted by atomic mass is 35.5. The molecule has 0 saturated heterocycles. The van der Waals surface area contributed by atoms with Crippen LogP contribution in [0.5, 0.6) is 0 Å². The highest BCUT2D eigenvalue weighted by molar-refractivity contribution is 7.86. The van der Waals surface area contributed by atoms with Gasteiger partial charge >= 0.3 is 0 Å². The fourth-order valence-electron chi connectivity index (χ4n) is 2.47. The molecule has 1 unspecified atom stereocenters. The topological polar surface area (TPSA) is 67.2 Å². The first-order valence-electron chi connectivity index (χ1n) is 8.67. The number of nitrogens with zero attached hydrogens (tertiary/aromatic N) is 4. The molecular formula is C19H21ClF2N4O2S. The number of aryl methyl sites for hydroxylation is 1. The Morgan fingerprint density at radius 2 is 2.14 bits per heavy atom. The van der Waals surface area contributed by atoms with Crippen LogP contribution in [0.2, 0.25) is 5.02 Å². The molecule has 0 aliphatic rings. The van der Waals surface area contributed by atoms with E-state index in [1.165, 1.54) is 6.20 Å². The minimum atomic E-state index is -2.64. The summed E-state index contributed by atoms with van der Waals surface area (Å²) >= 11 is 6.15. The number of alkyl halides is 2. The van der Waals surface area contributed by atoms with E-state index in [9.17, 15) is 13.0 Å². The molecule has 1 aromatic heterocycles. The van der Waals surface area contributed by atoms with Gasteiger partial charge in [0.1, 0.15) is 11.0 Å². The average Bonchev–Trinajstić information content (AvgIpc) is 2.68. The van der Waals surface area contributed by atoms with Gasteiger partial charge in [0.2, 0.25) is 5.90 Å². The Bertz CT molecular complexity index is 874. The van der Waals surface area contributed by atoms with Gasteiger partial charge in [-0.05, 0) is 42.8 Å². The van der Waals surface area contributed by atoms with E-state index in [1.807, 2.05) is 26.0 Å². The lowest BCUT2D eigenvalue weighted by Crippen LogP contribution is -2.27. The molecule has 10 heteroatoms. The fraction of sp³-hybridized carbons (Fsp3) is 0.316. The van der Waals surface area contributed by atoms with Crippen LogP contribution in [0.15, 0.2) is 46.7 Å². The summed E-state index contributed by atoms with van der Waals surface area (Å²) in [6, 6.07) is 8.76. The number of pyridine rings is 1. The molecule has 1 heterocycles. The zero-order valence-electron chi connectivity index (χ0n) is 16.0. The van der Waals surface area contributed by atoms with Gasteiger partial charge in [0, 0.05) is 23.7 Å². The number of aromatic nitrogens is 1. The van der Waals surface area contributed by atoms with E-state index in [4.69, 9.17) is 16.3 Å². The number of benzene rings is 1. The van der Waals surface area contributed by atoms with Crippen molar-refractivity contribution in [1.82, 2.24) is 4.98 Å². The zero-order chi connectivity index (χ0) is 21.4.